The molecule has 0 aliphatic carbocycles. The molecule has 106 valence electrons. The van der Waals surface area contributed by atoms with E-state index in [1.165, 1.54) is 12.8 Å². The van der Waals surface area contributed by atoms with Crippen molar-refractivity contribution in [2.75, 3.05) is 14.2 Å². The molecule has 0 radical (unpaired) electrons. The van der Waals surface area contributed by atoms with Gasteiger partial charge in [-0.3, -0.25) is 0 Å². The number of ether oxygens (including phenoxy) is 2. The van der Waals surface area contributed by atoms with Gasteiger partial charge >= 0.3 is 0 Å². The summed E-state index contributed by atoms with van der Waals surface area (Å²) in [5, 5.41) is 9.23. The van der Waals surface area contributed by atoms with E-state index in [2.05, 4.69) is 18.0 Å². The van der Waals surface area contributed by atoms with Gasteiger partial charge in [0, 0.05) is 12.1 Å². The average Bonchev–Trinajstić information content (AvgIpc) is 2.69. The van der Waals surface area contributed by atoms with Gasteiger partial charge in [0.1, 0.15) is 12.2 Å². The molecule has 2 aliphatic heterocycles. The number of benzene rings is 1. The highest BCUT2D eigenvalue weighted by molar-refractivity contribution is 5.52. The summed E-state index contributed by atoms with van der Waals surface area (Å²) in [5.74, 6) is 1.25. The Kier molecular flexibility index (Phi) is 3.54. The number of nitrogens with zero attached hydrogens (tertiary/aromatic N) is 2. The third-order valence-corrected chi connectivity index (χ3v) is 4.66. The van der Waals surface area contributed by atoms with Gasteiger partial charge in [-0.05, 0) is 44.9 Å². The van der Waals surface area contributed by atoms with Crippen LogP contribution in [0, 0.1) is 11.3 Å². The number of rotatable bonds is 3. The monoisotopic (exact) mass is 272 g/mol. The first-order valence-corrected chi connectivity index (χ1v) is 7.18. The van der Waals surface area contributed by atoms with E-state index < -0.39 is 0 Å². The Morgan fingerprint density at radius 2 is 1.95 bits per heavy atom. The summed E-state index contributed by atoms with van der Waals surface area (Å²) < 4.78 is 11.5. The zero-order valence-corrected chi connectivity index (χ0v) is 12.0. The predicted octanol–water partition coefficient (Wildman–Crippen LogP) is 2.57. The molecule has 0 saturated carbocycles. The van der Waals surface area contributed by atoms with Crippen molar-refractivity contribution in [3.05, 3.63) is 23.8 Å². The third kappa shape index (κ3) is 2.23. The molecule has 0 N–H and O–H groups in total. The van der Waals surface area contributed by atoms with Crippen molar-refractivity contribution in [1.82, 2.24) is 4.90 Å². The highest BCUT2D eigenvalue weighted by Gasteiger charge is 2.39. The van der Waals surface area contributed by atoms with Gasteiger partial charge in [0.15, 0.2) is 11.5 Å². The van der Waals surface area contributed by atoms with Crippen LogP contribution in [0.25, 0.3) is 0 Å². The Labute approximate surface area is 119 Å². The lowest BCUT2D eigenvalue weighted by atomic mass is 10.0. The molecule has 4 nitrogen and oxygen atoms in total. The van der Waals surface area contributed by atoms with Crippen LogP contribution in [0.15, 0.2) is 18.2 Å². The number of para-hydroxylation sites is 1. The van der Waals surface area contributed by atoms with Gasteiger partial charge in [-0.25, -0.2) is 0 Å². The molecule has 1 aromatic carbocycles. The molecule has 2 aliphatic rings. The lowest BCUT2D eigenvalue weighted by Crippen LogP contribution is -2.43. The van der Waals surface area contributed by atoms with Crippen molar-refractivity contribution in [3.63, 3.8) is 0 Å². The van der Waals surface area contributed by atoms with Crippen molar-refractivity contribution in [1.29, 1.82) is 5.26 Å². The Balaban J connectivity index is 1.80. The van der Waals surface area contributed by atoms with Crippen LogP contribution in [-0.4, -0.2) is 37.2 Å². The number of hydrogen-bond donors (Lipinski definition) is 0. The van der Waals surface area contributed by atoms with Crippen LogP contribution in [0.5, 0.6) is 11.5 Å². The van der Waals surface area contributed by atoms with E-state index in [4.69, 9.17) is 9.47 Å². The van der Waals surface area contributed by atoms with Crippen molar-refractivity contribution in [2.24, 2.45) is 0 Å². The maximum atomic E-state index is 9.23. The summed E-state index contributed by atoms with van der Waals surface area (Å²) in [6, 6.07) is 8.89. The molecule has 2 heterocycles. The highest BCUT2D eigenvalue weighted by atomic mass is 16.5. The largest absolute Gasteiger partial charge is 0.493 e. The number of fused-ring (bicyclic) bond motifs is 2. The minimum atomic E-state index is 0.187. The normalized spacial score (nSPS) is 28.9. The van der Waals surface area contributed by atoms with Crippen LogP contribution >= 0.6 is 0 Å². The summed E-state index contributed by atoms with van der Waals surface area (Å²) in [4.78, 5) is 2.48. The van der Waals surface area contributed by atoms with E-state index in [0.29, 0.717) is 29.1 Å². The van der Waals surface area contributed by atoms with E-state index in [0.717, 1.165) is 12.8 Å². The predicted molar refractivity (Wildman–Crippen MR) is 75.9 cm³/mol. The van der Waals surface area contributed by atoms with E-state index in [1.807, 2.05) is 12.1 Å². The molecule has 0 amide bonds. The SMILES string of the molecule is COc1cccc(C#N)c1OC1CC2CCC(C1)N2C. The van der Waals surface area contributed by atoms with Gasteiger partial charge in [-0.2, -0.15) is 5.26 Å². The molecule has 2 saturated heterocycles. The molecule has 2 fully saturated rings. The van der Waals surface area contributed by atoms with Crippen LogP contribution in [-0.2, 0) is 0 Å². The molecule has 0 spiro atoms. The van der Waals surface area contributed by atoms with Gasteiger partial charge in [0.2, 0.25) is 0 Å². The quantitative estimate of drug-likeness (QED) is 0.848. The first-order chi connectivity index (χ1) is 9.72. The maximum Gasteiger partial charge on any atom is 0.179 e. The van der Waals surface area contributed by atoms with Crippen molar-refractivity contribution in [2.45, 2.75) is 43.9 Å². The van der Waals surface area contributed by atoms with Crippen molar-refractivity contribution in [3.8, 4) is 17.6 Å². The second kappa shape index (κ2) is 5.34. The minimum absolute atomic E-state index is 0.187. The molecule has 1 aromatic rings. The Morgan fingerprint density at radius 1 is 1.25 bits per heavy atom. The fraction of sp³-hybridized carbons (Fsp3) is 0.562. The topological polar surface area (TPSA) is 45.5 Å². The third-order valence-electron chi connectivity index (χ3n) is 4.66. The molecule has 2 atom stereocenters. The zero-order chi connectivity index (χ0) is 14.1. The molecule has 20 heavy (non-hydrogen) atoms. The first kappa shape index (κ1) is 13.3. The van der Waals surface area contributed by atoms with E-state index in [1.54, 1.807) is 13.2 Å². The fourth-order valence-electron chi connectivity index (χ4n) is 3.51. The van der Waals surface area contributed by atoms with E-state index in [-0.39, 0.29) is 6.10 Å². The Hall–Kier alpha value is -1.73. The van der Waals surface area contributed by atoms with Crippen LogP contribution in [0.2, 0.25) is 0 Å². The van der Waals surface area contributed by atoms with E-state index in [9.17, 15) is 5.26 Å². The Bertz CT molecular complexity index is 524. The number of methoxy groups -OCH3 is 1. The van der Waals surface area contributed by atoms with Gasteiger partial charge < -0.3 is 14.4 Å². The number of nitriles is 1. The number of piperidine rings is 1. The van der Waals surface area contributed by atoms with Crippen molar-refractivity contribution >= 4 is 0 Å². The minimum Gasteiger partial charge on any atom is -0.493 e. The number of hydrogen-bond acceptors (Lipinski definition) is 4. The fourth-order valence-corrected chi connectivity index (χ4v) is 3.51. The van der Waals surface area contributed by atoms with E-state index >= 15 is 0 Å². The van der Waals surface area contributed by atoms with Gasteiger partial charge in [0.25, 0.3) is 0 Å². The molecule has 4 heteroatoms. The van der Waals surface area contributed by atoms with Crippen LogP contribution in [0.3, 0.4) is 0 Å². The molecule has 2 bridgehead atoms. The summed E-state index contributed by atoms with van der Waals surface area (Å²) in [7, 11) is 3.82. The second-order valence-electron chi connectivity index (χ2n) is 5.71. The maximum absolute atomic E-state index is 9.23. The average molecular weight is 272 g/mol. The van der Waals surface area contributed by atoms with Crippen molar-refractivity contribution < 1.29 is 9.47 Å². The van der Waals surface area contributed by atoms with Crippen LogP contribution < -0.4 is 9.47 Å². The lowest BCUT2D eigenvalue weighted by Gasteiger charge is -2.36. The highest BCUT2D eigenvalue weighted by Crippen LogP contribution is 2.38. The van der Waals surface area contributed by atoms with Crippen LogP contribution in [0.4, 0.5) is 0 Å². The second-order valence-corrected chi connectivity index (χ2v) is 5.71. The summed E-state index contributed by atoms with van der Waals surface area (Å²) >= 11 is 0. The van der Waals surface area contributed by atoms with Gasteiger partial charge in [0.05, 0.1) is 12.7 Å². The molecule has 0 aromatic heterocycles. The summed E-state index contributed by atoms with van der Waals surface area (Å²) in [6.45, 7) is 0. The molecular weight excluding hydrogens is 252 g/mol. The smallest absolute Gasteiger partial charge is 0.179 e. The molecular formula is C16H20N2O2. The zero-order valence-electron chi connectivity index (χ0n) is 12.0. The molecule has 3 rings (SSSR count). The summed E-state index contributed by atoms with van der Waals surface area (Å²) in [6.07, 6.45) is 4.79. The summed E-state index contributed by atoms with van der Waals surface area (Å²) in [5.41, 5.74) is 0.552. The van der Waals surface area contributed by atoms with Gasteiger partial charge in [-0.1, -0.05) is 6.07 Å². The van der Waals surface area contributed by atoms with Crippen LogP contribution in [0.1, 0.15) is 31.2 Å². The van der Waals surface area contributed by atoms with Gasteiger partial charge in [-0.15, -0.1) is 0 Å². The lowest BCUT2D eigenvalue weighted by molar-refractivity contribution is 0.0641. The first-order valence-electron chi connectivity index (χ1n) is 7.18. The standard InChI is InChI=1S/C16H20N2O2/c1-18-12-6-7-13(18)9-14(8-12)20-16-11(10-17)4-3-5-15(16)19-2/h3-5,12-14H,6-9H2,1-2H3. The molecule has 2 unspecified atom stereocenters. The Morgan fingerprint density at radius 3 is 2.55 bits per heavy atom.